The number of aryl methyl sites for hydroxylation is 1. The third-order valence-corrected chi connectivity index (χ3v) is 5.38. The van der Waals surface area contributed by atoms with Gasteiger partial charge in [-0.2, -0.15) is 4.52 Å². The lowest BCUT2D eigenvalue weighted by atomic mass is 10.2. The summed E-state index contributed by atoms with van der Waals surface area (Å²) in [6.45, 7) is 3.87. The zero-order valence-corrected chi connectivity index (χ0v) is 18.0. The van der Waals surface area contributed by atoms with Crippen molar-refractivity contribution >= 4 is 23.1 Å². The van der Waals surface area contributed by atoms with Crippen molar-refractivity contribution in [2.45, 2.75) is 12.8 Å². The van der Waals surface area contributed by atoms with E-state index in [1.807, 2.05) is 12.1 Å². The molecule has 0 aliphatic carbocycles. The van der Waals surface area contributed by atoms with Crippen molar-refractivity contribution in [2.75, 3.05) is 57.7 Å². The maximum Gasteiger partial charge on any atom is 0.224 e. The first-order chi connectivity index (χ1) is 15.1. The van der Waals surface area contributed by atoms with Crippen LogP contribution < -0.4 is 19.7 Å². The Balaban J connectivity index is 1.41. The Labute approximate surface area is 180 Å². The minimum absolute atomic E-state index is 0.126. The summed E-state index contributed by atoms with van der Waals surface area (Å²) in [5.74, 6) is 2.60. The Hall–Kier alpha value is -3.40. The first-order valence-electron chi connectivity index (χ1n) is 10.2. The number of piperazine rings is 1. The number of nitrogens with zero attached hydrogens (tertiary/aromatic N) is 6. The number of benzene rings is 1. The number of nitrogens with one attached hydrogen (secondary N) is 1. The minimum atomic E-state index is -0.126. The van der Waals surface area contributed by atoms with Gasteiger partial charge in [-0.3, -0.25) is 4.79 Å². The SMILES string of the molecule is COc1ccc(NC(=O)CCc2nnc3ccc(N4CCN(C)CC4)nn23)cc1OC. The number of hydrogen-bond donors (Lipinski definition) is 1. The van der Waals surface area contributed by atoms with Crippen LogP contribution in [0.2, 0.25) is 0 Å². The maximum atomic E-state index is 12.5. The lowest BCUT2D eigenvalue weighted by molar-refractivity contribution is -0.116. The van der Waals surface area contributed by atoms with Gasteiger partial charge in [0.15, 0.2) is 23.0 Å². The van der Waals surface area contributed by atoms with Crippen molar-refractivity contribution in [3.05, 3.63) is 36.2 Å². The molecule has 10 nitrogen and oxygen atoms in total. The topological polar surface area (TPSA) is 97.1 Å². The number of methoxy groups -OCH3 is 2. The third-order valence-electron chi connectivity index (χ3n) is 5.38. The molecule has 0 unspecified atom stereocenters. The standard InChI is InChI=1S/C21H27N7O3/c1-26-10-12-27(13-11-26)20-7-6-18-23-24-19(28(18)25-20)8-9-21(29)22-15-4-5-16(30-2)17(14-15)31-3/h4-7,14H,8-13H2,1-3H3,(H,22,29). The largest absolute Gasteiger partial charge is 0.493 e. The monoisotopic (exact) mass is 425 g/mol. The fraction of sp³-hybridized carbons (Fsp3) is 0.429. The number of carbonyl (C=O) groups is 1. The van der Waals surface area contributed by atoms with E-state index in [-0.39, 0.29) is 12.3 Å². The van der Waals surface area contributed by atoms with Gasteiger partial charge in [0.2, 0.25) is 5.91 Å². The zero-order chi connectivity index (χ0) is 21.8. The molecule has 1 aliphatic heterocycles. The van der Waals surface area contributed by atoms with Crippen LogP contribution in [-0.2, 0) is 11.2 Å². The highest BCUT2D eigenvalue weighted by molar-refractivity contribution is 5.91. The second-order valence-electron chi connectivity index (χ2n) is 7.49. The van der Waals surface area contributed by atoms with Crippen molar-refractivity contribution < 1.29 is 14.3 Å². The normalized spacial score (nSPS) is 14.6. The highest BCUT2D eigenvalue weighted by atomic mass is 16.5. The Bertz CT molecular complexity index is 1060. The fourth-order valence-electron chi connectivity index (χ4n) is 3.55. The molecule has 1 amide bonds. The molecule has 1 aromatic carbocycles. The van der Waals surface area contributed by atoms with Crippen molar-refractivity contribution in [2.24, 2.45) is 0 Å². The summed E-state index contributed by atoms with van der Waals surface area (Å²) in [6, 6.07) is 9.15. The molecule has 1 N–H and O–H groups in total. The van der Waals surface area contributed by atoms with E-state index < -0.39 is 0 Å². The predicted molar refractivity (Wildman–Crippen MR) is 117 cm³/mol. The van der Waals surface area contributed by atoms with Crippen LogP contribution in [0.25, 0.3) is 5.65 Å². The van der Waals surface area contributed by atoms with Gasteiger partial charge in [0, 0.05) is 50.8 Å². The number of fused-ring (bicyclic) bond motifs is 1. The van der Waals surface area contributed by atoms with Gasteiger partial charge >= 0.3 is 0 Å². The van der Waals surface area contributed by atoms with E-state index >= 15 is 0 Å². The van der Waals surface area contributed by atoms with E-state index in [2.05, 4.69) is 32.4 Å². The summed E-state index contributed by atoms with van der Waals surface area (Å²) in [5, 5.41) is 16.0. The average molecular weight is 425 g/mol. The van der Waals surface area contributed by atoms with E-state index in [0.29, 0.717) is 35.1 Å². The van der Waals surface area contributed by atoms with Gasteiger partial charge in [-0.25, -0.2) is 0 Å². The van der Waals surface area contributed by atoms with E-state index in [4.69, 9.17) is 14.6 Å². The first kappa shape index (κ1) is 20.9. The Morgan fingerprint density at radius 3 is 2.55 bits per heavy atom. The van der Waals surface area contributed by atoms with Crippen LogP contribution in [0.1, 0.15) is 12.2 Å². The molecule has 1 saturated heterocycles. The fourth-order valence-corrected chi connectivity index (χ4v) is 3.55. The van der Waals surface area contributed by atoms with E-state index in [1.165, 1.54) is 0 Å². The van der Waals surface area contributed by atoms with Gasteiger partial charge in [-0.05, 0) is 31.3 Å². The number of hydrogen-bond acceptors (Lipinski definition) is 8. The summed E-state index contributed by atoms with van der Waals surface area (Å²) in [7, 11) is 5.25. The molecule has 10 heteroatoms. The highest BCUT2D eigenvalue weighted by Gasteiger charge is 2.17. The van der Waals surface area contributed by atoms with Crippen LogP contribution in [0.3, 0.4) is 0 Å². The van der Waals surface area contributed by atoms with Gasteiger partial charge < -0.3 is 24.6 Å². The molecule has 0 bridgehead atoms. The van der Waals surface area contributed by atoms with Crippen LogP contribution in [-0.4, -0.2) is 78.1 Å². The Morgan fingerprint density at radius 2 is 1.81 bits per heavy atom. The molecule has 2 aromatic heterocycles. The number of rotatable bonds is 7. The number of aromatic nitrogens is 4. The van der Waals surface area contributed by atoms with Crippen molar-refractivity contribution in [1.82, 2.24) is 24.7 Å². The molecule has 0 saturated carbocycles. The Morgan fingerprint density at radius 1 is 1.03 bits per heavy atom. The number of anilines is 2. The average Bonchev–Trinajstić information content (AvgIpc) is 3.20. The van der Waals surface area contributed by atoms with E-state index in [9.17, 15) is 4.79 Å². The first-order valence-corrected chi connectivity index (χ1v) is 10.2. The molecule has 164 valence electrons. The molecule has 0 radical (unpaired) electrons. The quantitative estimate of drug-likeness (QED) is 0.608. The smallest absolute Gasteiger partial charge is 0.224 e. The van der Waals surface area contributed by atoms with Crippen molar-refractivity contribution in [3.8, 4) is 11.5 Å². The molecule has 0 atom stereocenters. The second kappa shape index (κ2) is 9.17. The Kier molecular flexibility index (Phi) is 6.17. The van der Waals surface area contributed by atoms with Gasteiger partial charge in [-0.1, -0.05) is 0 Å². The van der Waals surface area contributed by atoms with Gasteiger partial charge in [0.05, 0.1) is 14.2 Å². The van der Waals surface area contributed by atoms with Crippen LogP contribution in [0.5, 0.6) is 11.5 Å². The second-order valence-corrected chi connectivity index (χ2v) is 7.49. The number of likely N-dealkylation sites (N-methyl/N-ethyl adjacent to an activating group) is 1. The molecule has 3 heterocycles. The summed E-state index contributed by atoms with van der Waals surface area (Å²) >= 11 is 0. The molecule has 4 rings (SSSR count). The van der Waals surface area contributed by atoms with Crippen molar-refractivity contribution in [3.63, 3.8) is 0 Å². The zero-order valence-electron chi connectivity index (χ0n) is 18.0. The molecule has 1 fully saturated rings. The summed E-state index contributed by atoms with van der Waals surface area (Å²) < 4.78 is 12.2. The minimum Gasteiger partial charge on any atom is -0.493 e. The van der Waals surface area contributed by atoms with E-state index in [1.54, 1.807) is 36.9 Å². The third kappa shape index (κ3) is 4.69. The lowest BCUT2D eigenvalue weighted by Crippen LogP contribution is -2.45. The van der Waals surface area contributed by atoms with Crippen LogP contribution >= 0.6 is 0 Å². The number of ether oxygens (including phenoxy) is 2. The summed E-state index contributed by atoms with van der Waals surface area (Å²) in [5.41, 5.74) is 1.32. The van der Waals surface area contributed by atoms with Gasteiger partial charge in [-0.15, -0.1) is 15.3 Å². The molecular formula is C21H27N7O3. The molecule has 0 spiro atoms. The number of carbonyl (C=O) groups excluding carboxylic acids is 1. The van der Waals surface area contributed by atoms with Gasteiger partial charge in [0.1, 0.15) is 5.82 Å². The lowest BCUT2D eigenvalue weighted by Gasteiger charge is -2.33. The van der Waals surface area contributed by atoms with Crippen LogP contribution in [0.4, 0.5) is 11.5 Å². The molecular weight excluding hydrogens is 398 g/mol. The van der Waals surface area contributed by atoms with Crippen LogP contribution in [0, 0.1) is 0 Å². The van der Waals surface area contributed by atoms with E-state index in [0.717, 1.165) is 32.0 Å². The van der Waals surface area contributed by atoms with Gasteiger partial charge in [0.25, 0.3) is 0 Å². The summed E-state index contributed by atoms with van der Waals surface area (Å²) in [6.07, 6.45) is 0.690. The molecule has 3 aromatic rings. The molecule has 1 aliphatic rings. The summed E-state index contributed by atoms with van der Waals surface area (Å²) in [4.78, 5) is 17.0. The maximum absolute atomic E-state index is 12.5. The van der Waals surface area contributed by atoms with Crippen LogP contribution in [0.15, 0.2) is 30.3 Å². The predicted octanol–water partition coefficient (Wildman–Crippen LogP) is 1.46. The number of amides is 1. The highest BCUT2D eigenvalue weighted by Crippen LogP contribution is 2.29. The van der Waals surface area contributed by atoms with Crippen molar-refractivity contribution in [1.29, 1.82) is 0 Å². The molecule has 31 heavy (non-hydrogen) atoms.